The fourth-order valence-corrected chi connectivity index (χ4v) is 2.98. The Hall–Kier alpha value is -3.35. The molecule has 3 rings (SSSR count). The Kier molecular flexibility index (Phi) is 6.26. The number of amides is 3. The molecule has 0 radical (unpaired) electrons. The molecule has 2 aromatic rings. The topological polar surface area (TPSA) is 87.7 Å². The zero-order valence-corrected chi connectivity index (χ0v) is 15.7. The molecule has 1 aliphatic rings. The van der Waals surface area contributed by atoms with Crippen LogP contribution in [0.1, 0.15) is 30.1 Å². The number of carbonyl (C=O) groups is 3. The van der Waals surface area contributed by atoms with Crippen molar-refractivity contribution in [1.29, 1.82) is 0 Å². The van der Waals surface area contributed by atoms with Crippen molar-refractivity contribution in [1.82, 2.24) is 5.32 Å². The second kappa shape index (κ2) is 9.03. The van der Waals surface area contributed by atoms with Gasteiger partial charge in [-0.1, -0.05) is 0 Å². The van der Waals surface area contributed by atoms with Crippen molar-refractivity contribution in [3.8, 4) is 5.75 Å². The summed E-state index contributed by atoms with van der Waals surface area (Å²) < 4.78 is 5.33. The van der Waals surface area contributed by atoms with E-state index in [1.165, 1.54) is 0 Å². The standard InChI is InChI=1S/C21H23N3O4/c1-2-28-18-11-5-15(6-12-18)21(27)22-14-19(25)23-16-7-9-17(10-8-16)24-13-3-4-20(24)26/h5-12H,2-4,13-14H2,1H3,(H,22,27)(H,23,25). The van der Waals surface area contributed by atoms with Gasteiger partial charge in [-0.2, -0.15) is 0 Å². The Balaban J connectivity index is 1.48. The van der Waals surface area contributed by atoms with Gasteiger partial charge in [0, 0.05) is 29.9 Å². The van der Waals surface area contributed by atoms with E-state index in [1.54, 1.807) is 53.4 Å². The van der Waals surface area contributed by atoms with Crippen LogP contribution in [0, 0.1) is 0 Å². The molecule has 1 fully saturated rings. The van der Waals surface area contributed by atoms with Crippen molar-refractivity contribution < 1.29 is 19.1 Å². The van der Waals surface area contributed by atoms with E-state index < -0.39 is 0 Å². The van der Waals surface area contributed by atoms with E-state index in [0.717, 1.165) is 18.7 Å². The molecule has 2 N–H and O–H groups in total. The largest absolute Gasteiger partial charge is 0.494 e. The molecule has 0 atom stereocenters. The summed E-state index contributed by atoms with van der Waals surface area (Å²) >= 11 is 0. The number of nitrogens with one attached hydrogen (secondary N) is 2. The summed E-state index contributed by atoms with van der Waals surface area (Å²) in [6.07, 6.45) is 1.44. The quantitative estimate of drug-likeness (QED) is 0.772. The molecule has 0 aliphatic carbocycles. The highest BCUT2D eigenvalue weighted by Crippen LogP contribution is 2.23. The molecule has 3 amide bonds. The highest BCUT2D eigenvalue weighted by Gasteiger charge is 2.21. The number of benzene rings is 2. The van der Waals surface area contributed by atoms with Crippen LogP contribution in [0.25, 0.3) is 0 Å². The van der Waals surface area contributed by atoms with Gasteiger partial charge < -0.3 is 20.3 Å². The highest BCUT2D eigenvalue weighted by molar-refractivity contribution is 5.99. The van der Waals surface area contributed by atoms with Crippen LogP contribution in [0.15, 0.2) is 48.5 Å². The molecule has 1 aliphatic heterocycles. The number of carbonyl (C=O) groups excluding carboxylic acids is 3. The monoisotopic (exact) mass is 381 g/mol. The van der Waals surface area contributed by atoms with Crippen LogP contribution in [-0.2, 0) is 9.59 Å². The minimum Gasteiger partial charge on any atom is -0.494 e. The van der Waals surface area contributed by atoms with Crippen LogP contribution in [0.2, 0.25) is 0 Å². The molecule has 28 heavy (non-hydrogen) atoms. The molecule has 146 valence electrons. The van der Waals surface area contributed by atoms with Gasteiger partial charge in [-0.15, -0.1) is 0 Å². The summed E-state index contributed by atoms with van der Waals surface area (Å²) in [4.78, 5) is 37.7. The van der Waals surface area contributed by atoms with Crippen molar-refractivity contribution in [2.24, 2.45) is 0 Å². The summed E-state index contributed by atoms with van der Waals surface area (Å²) in [5.74, 6) is 0.148. The Morgan fingerprint density at radius 2 is 1.79 bits per heavy atom. The first-order valence-corrected chi connectivity index (χ1v) is 9.28. The van der Waals surface area contributed by atoms with Crippen molar-refractivity contribution in [3.05, 3.63) is 54.1 Å². The van der Waals surface area contributed by atoms with Gasteiger partial charge in [0.25, 0.3) is 5.91 Å². The molecule has 0 spiro atoms. The fraction of sp³-hybridized carbons (Fsp3) is 0.286. The SMILES string of the molecule is CCOc1ccc(C(=O)NCC(=O)Nc2ccc(N3CCCC3=O)cc2)cc1. The van der Waals surface area contributed by atoms with Crippen LogP contribution in [0.3, 0.4) is 0 Å². The van der Waals surface area contributed by atoms with Crippen LogP contribution in [0.4, 0.5) is 11.4 Å². The average Bonchev–Trinajstić information content (AvgIpc) is 3.13. The zero-order valence-electron chi connectivity index (χ0n) is 15.7. The molecule has 0 saturated carbocycles. The van der Waals surface area contributed by atoms with E-state index in [9.17, 15) is 14.4 Å². The van der Waals surface area contributed by atoms with Gasteiger partial charge in [-0.25, -0.2) is 0 Å². The van der Waals surface area contributed by atoms with E-state index >= 15 is 0 Å². The Bertz CT molecular complexity index is 847. The number of anilines is 2. The lowest BCUT2D eigenvalue weighted by atomic mass is 10.2. The lowest BCUT2D eigenvalue weighted by Crippen LogP contribution is -2.32. The van der Waals surface area contributed by atoms with Gasteiger partial charge in [-0.3, -0.25) is 14.4 Å². The summed E-state index contributed by atoms with van der Waals surface area (Å²) in [5.41, 5.74) is 1.89. The molecular formula is C21H23N3O4. The molecule has 7 heteroatoms. The first kappa shape index (κ1) is 19.4. The molecule has 2 aromatic carbocycles. The second-order valence-corrected chi connectivity index (χ2v) is 6.38. The number of rotatable bonds is 7. The lowest BCUT2D eigenvalue weighted by Gasteiger charge is -2.16. The zero-order chi connectivity index (χ0) is 19.9. The summed E-state index contributed by atoms with van der Waals surface area (Å²) in [6.45, 7) is 3.03. The van der Waals surface area contributed by atoms with Crippen molar-refractivity contribution in [2.45, 2.75) is 19.8 Å². The van der Waals surface area contributed by atoms with E-state index in [1.807, 2.05) is 6.92 Å². The molecule has 0 unspecified atom stereocenters. The summed E-state index contributed by atoms with van der Waals surface area (Å²) in [5, 5.41) is 5.31. The maximum absolute atomic E-state index is 12.1. The highest BCUT2D eigenvalue weighted by atomic mass is 16.5. The van der Waals surface area contributed by atoms with Crippen molar-refractivity contribution >= 4 is 29.1 Å². The third kappa shape index (κ3) is 4.88. The Labute approximate surface area is 163 Å². The summed E-state index contributed by atoms with van der Waals surface area (Å²) in [6, 6.07) is 13.8. The minimum absolute atomic E-state index is 0.119. The number of hydrogen-bond donors (Lipinski definition) is 2. The second-order valence-electron chi connectivity index (χ2n) is 6.38. The number of hydrogen-bond acceptors (Lipinski definition) is 4. The van der Waals surface area contributed by atoms with Gasteiger partial charge in [0.05, 0.1) is 13.2 Å². The smallest absolute Gasteiger partial charge is 0.251 e. The third-order valence-electron chi connectivity index (χ3n) is 4.37. The Morgan fingerprint density at radius 3 is 2.39 bits per heavy atom. The van der Waals surface area contributed by atoms with E-state index in [4.69, 9.17) is 4.74 Å². The predicted molar refractivity (Wildman–Crippen MR) is 107 cm³/mol. The minimum atomic E-state index is -0.332. The molecule has 7 nitrogen and oxygen atoms in total. The Morgan fingerprint density at radius 1 is 1.07 bits per heavy atom. The maximum atomic E-state index is 12.1. The maximum Gasteiger partial charge on any atom is 0.251 e. The summed E-state index contributed by atoms with van der Waals surface area (Å²) in [7, 11) is 0. The van der Waals surface area contributed by atoms with Crippen LogP contribution >= 0.6 is 0 Å². The van der Waals surface area contributed by atoms with Gasteiger partial charge in [0.15, 0.2) is 0 Å². The van der Waals surface area contributed by atoms with Gasteiger partial charge in [0.1, 0.15) is 5.75 Å². The molecular weight excluding hydrogens is 358 g/mol. The van der Waals surface area contributed by atoms with E-state index in [-0.39, 0.29) is 24.3 Å². The van der Waals surface area contributed by atoms with Crippen LogP contribution in [0.5, 0.6) is 5.75 Å². The molecule has 0 bridgehead atoms. The number of nitrogens with zero attached hydrogens (tertiary/aromatic N) is 1. The normalized spacial score (nSPS) is 13.3. The first-order chi connectivity index (χ1) is 13.6. The number of ether oxygens (including phenoxy) is 1. The third-order valence-corrected chi connectivity index (χ3v) is 4.37. The van der Waals surface area contributed by atoms with Crippen LogP contribution in [-0.4, -0.2) is 37.4 Å². The molecule has 1 saturated heterocycles. The lowest BCUT2D eigenvalue weighted by molar-refractivity contribution is -0.117. The van der Waals surface area contributed by atoms with E-state index in [0.29, 0.717) is 30.0 Å². The van der Waals surface area contributed by atoms with Gasteiger partial charge >= 0.3 is 0 Å². The first-order valence-electron chi connectivity index (χ1n) is 9.28. The molecule has 1 heterocycles. The van der Waals surface area contributed by atoms with Crippen LogP contribution < -0.4 is 20.3 Å². The molecule has 0 aromatic heterocycles. The van der Waals surface area contributed by atoms with Crippen molar-refractivity contribution in [3.63, 3.8) is 0 Å². The fourth-order valence-electron chi connectivity index (χ4n) is 2.98. The van der Waals surface area contributed by atoms with E-state index in [2.05, 4.69) is 10.6 Å². The van der Waals surface area contributed by atoms with Gasteiger partial charge in [0.2, 0.25) is 11.8 Å². The van der Waals surface area contributed by atoms with Crippen molar-refractivity contribution in [2.75, 3.05) is 29.9 Å². The predicted octanol–water partition coefficient (Wildman–Crippen LogP) is 2.58. The average molecular weight is 381 g/mol. The van der Waals surface area contributed by atoms with Gasteiger partial charge in [-0.05, 0) is 61.9 Å².